The molecule has 1 amide bonds. The quantitative estimate of drug-likeness (QED) is 0.597. The smallest absolute Gasteiger partial charge is 0.409 e. The van der Waals surface area contributed by atoms with E-state index in [1.165, 1.54) is 13.3 Å². The van der Waals surface area contributed by atoms with Crippen LogP contribution in [0.1, 0.15) is 11.1 Å². The summed E-state index contributed by atoms with van der Waals surface area (Å²) in [5.74, 6) is 0.326. The number of halogens is 1. The van der Waals surface area contributed by atoms with Crippen LogP contribution in [0.3, 0.4) is 0 Å². The fourth-order valence-electron chi connectivity index (χ4n) is 0.905. The highest BCUT2D eigenvalue weighted by Crippen LogP contribution is 2.25. The van der Waals surface area contributed by atoms with Crippen LogP contribution in [0.25, 0.3) is 0 Å². The molecule has 5 nitrogen and oxygen atoms in total. The van der Waals surface area contributed by atoms with E-state index in [0.717, 1.165) is 0 Å². The Labute approximate surface area is 85.5 Å². The van der Waals surface area contributed by atoms with Crippen LogP contribution in [0.2, 0.25) is 0 Å². The Hall–Kier alpha value is -1.20. The number of aliphatic hydroxyl groups is 1. The van der Waals surface area contributed by atoms with E-state index < -0.39 is 17.7 Å². The predicted octanol–water partition coefficient (Wildman–Crippen LogP) is 1.49. The van der Waals surface area contributed by atoms with Gasteiger partial charge in [0.15, 0.2) is 6.23 Å². The van der Waals surface area contributed by atoms with Crippen LogP contribution in [-0.2, 0) is 0 Å². The summed E-state index contributed by atoms with van der Waals surface area (Å²) >= 11 is 5.79. The van der Waals surface area contributed by atoms with E-state index in [1.54, 1.807) is 12.1 Å². The van der Waals surface area contributed by atoms with Crippen molar-refractivity contribution in [2.75, 3.05) is 7.05 Å². The normalized spacial score (nSPS) is 14.8. The van der Waals surface area contributed by atoms with Gasteiger partial charge in [-0.15, -0.1) is 11.6 Å². The largest absolute Gasteiger partial charge is 0.468 e. The number of carbonyl (C=O) groups is 1. The lowest BCUT2D eigenvalue weighted by Gasteiger charge is -2.23. The molecular formula is C8H10ClNO4. The summed E-state index contributed by atoms with van der Waals surface area (Å²) in [6, 6.07) is 3.18. The van der Waals surface area contributed by atoms with Gasteiger partial charge in [0.1, 0.15) is 11.1 Å². The van der Waals surface area contributed by atoms with Crippen LogP contribution in [0.5, 0.6) is 0 Å². The van der Waals surface area contributed by atoms with Crippen LogP contribution in [0, 0.1) is 0 Å². The molecule has 78 valence electrons. The third-order valence-corrected chi connectivity index (χ3v) is 2.22. The van der Waals surface area contributed by atoms with Gasteiger partial charge in [0.05, 0.1) is 6.26 Å². The minimum Gasteiger partial charge on any atom is -0.468 e. The van der Waals surface area contributed by atoms with Gasteiger partial charge in [0.2, 0.25) is 0 Å². The Morgan fingerprint density at radius 1 is 1.71 bits per heavy atom. The van der Waals surface area contributed by atoms with Crippen molar-refractivity contribution < 1.29 is 19.4 Å². The molecule has 0 aliphatic rings. The van der Waals surface area contributed by atoms with Crippen LogP contribution < -0.4 is 0 Å². The summed E-state index contributed by atoms with van der Waals surface area (Å²) < 4.78 is 4.93. The van der Waals surface area contributed by atoms with E-state index in [-0.39, 0.29) is 0 Å². The molecule has 0 aromatic carbocycles. The highest BCUT2D eigenvalue weighted by molar-refractivity contribution is 6.21. The number of rotatable bonds is 3. The van der Waals surface area contributed by atoms with Gasteiger partial charge < -0.3 is 14.6 Å². The first-order valence-corrected chi connectivity index (χ1v) is 4.29. The maximum atomic E-state index is 10.5. The van der Waals surface area contributed by atoms with Gasteiger partial charge >= 0.3 is 6.09 Å². The van der Waals surface area contributed by atoms with Crippen LogP contribution >= 0.6 is 11.6 Å². The first-order chi connectivity index (χ1) is 6.54. The van der Waals surface area contributed by atoms with E-state index in [9.17, 15) is 9.90 Å². The van der Waals surface area contributed by atoms with Gasteiger partial charge in [0.25, 0.3) is 0 Å². The number of amides is 1. The fourth-order valence-corrected chi connectivity index (χ4v) is 1.20. The number of carboxylic acid groups (broad SMARTS) is 1. The molecule has 14 heavy (non-hydrogen) atoms. The zero-order valence-electron chi connectivity index (χ0n) is 7.42. The first-order valence-electron chi connectivity index (χ1n) is 3.85. The summed E-state index contributed by atoms with van der Waals surface area (Å²) in [5, 5.41) is 17.1. The Morgan fingerprint density at radius 2 is 2.36 bits per heavy atom. The number of nitrogens with zero attached hydrogens (tertiary/aromatic N) is 1. The molecule has 2 N–H and O–H groups in total. The lowest BCUT2D eigenvalue weighted by Crippen LogP contribution is -2.38. The Kier molecular flexibility index (Phi) is 3.38. The fraction of sp³-hybridized carbons (Fsp3) is 0.375. The van der Waals surface area contributed by atoms with Crippen molar-refractivity contribution in [1.82, 2.24) is 4.90 Å². The SMILES string of the molecule is CN(C(=O)O)C(O)[C@@H](Cl)c1ccco1. The molecule has 2 atom stereocenters. The topological polar surface area (TPSA) is 73.9 Å². The second-order valence-corrected chi connectivity index (χ2v) is 3.19. The number of hydrogen-bond donors (Lipinski definition) is 2. The third-order valence-electron chi connectivity index (χ3n) is 1.78. The summed E-state index contributed by atoms with van der Waals surface area (Å²) in [7, 11) is 1.23. The zero-order chi connectivity index (χ0) is 10.7. The molecule has 0 saturated carbocycles. The van der Waals surface area contributed by atoms with E-state index in [4.69, 9.17) is 21.1 Å². The second-order valence-electron chi connectivity index (χ2n) is 2.72. The highest BCUT2D eigenvalue weighted by Gasteiger charge is 2.27. The molecule has 0 radical (unpaired) electrons. The van der Waals surface area contributed by atoms with Crippen molar-refractivity contribution in [1.29, 1.82) is 0 Å². The van der Waals surface area contributed by atoms with Gasteiger partial charge in [-0.3, -0.25) is 4.90 Å². The molecule has 1 unspecified atom stereocenters. The van der Waals surface area contributed by atoms with Crippen molar-refractivity contribution in [2.45, 2.75) is 11.6 Å². The number of furan rings is 1. The summed E-state index contributed by atoms with van der Waals surface area (Å²) in [5.41, 5.74) is 0. The minimum absolute atomic E-state index is 0.326. The van der Waals surface area contributed by atoms with Crippen molar-refractivity contribution in [3.05, 3.63) is 24.2 Å². The Balaban J connectivity index is 2.70. The van der Waals surface area contributed by atoms with Gasteiger partial charge in [-0.25, -0.2) is 4.79 Å². The maximum Gasteiger partial charge on any atom is 0.409 e. The monoisotopic (exact) mass is 219 g/mol. The molecule has 0 saturated heterocycles. The molecule has 1 aromatic rings. The molecule has 0 bridgehead atoms. The Morgan fingerprint density at radius 3 is 2.79 bits per heavy atom. The summed E-state index contributed by atoms with van der Waals surface area (Å²) in [6.07, 6.45) is -1.19. The van der Waals surface area contributed by atoms with Gasteiger partial charge in [-0.2, -0.15) is 0 Å². The standard InChI is InChI=1S/C8H10ClNO4/c1-10(8(12)13)7(11)6(9)5-3-2-4-14-5/h2-4,6-7,11H,1H3,(H,12,13)/t6-,7?/m0/s1. The van der Waals surface area contributed by atoms with E-state index >= 15 is 0 Å². The van der Waals surface area contributed by atoms with E-state index in [1.807, 2.05) is 0 Å². The Bertz CT molecular complexity index is 300. The minimum atomic E-state index is -1.33. The lowest BCUT2D eigenvalue weighted by atomic mass is 10.3. The number of hydrogen-bond acceptors (Lipinski definition) is 3. The molecule has 1 heterocycles. The molecule has 1 rings (SSSR count). The van der Waals surface area contributed by atoms with Crippen LogP contribution in [0.4, 0.5) is 4.79 Å². The summed E-state index contributed by atoms with van der Waals surface area (Å²) in [4.78, 5) is 11.2. The first kappa shape index (κ1) is 10.9. The van der Waals surface area contributed by atoms with E-state index in [2.05, 4.69) is 0 Å². The van der Waals surface area contributed by atoms with Crippen molar-refractivity contribution in [3.63, 3.8) is 0 Å². The van der Waals surface area contributed by atoms with Crippen LogP contribution in [-0.4, -0.2) is 34.5 Å². The molecule has 0 aliphatic carbocycles. The maximum absolute atomic E-state index is 10.5. The molecule has 1 aromatic heterocycles. The van der Waals surface area contributed by atoms with Gasteiger partial charge in [0, 0.05) is 7.05 Å². The van der Waals surface area contributed by atoms with Crippen LogP contribution in [0.15, 0.2) is 22.8 Å². The molecular weight excluding hydrogens is 210 g/mol. The summed E-state index contributed by atoms with van der Waals surface area (Å²) in [6.45, 7) is 0. The third kappa shape index (κ3) is 2.18. The predicted molar refractivity (Wildman–Crippen MR) is 49.1 cm³/mol. The van der Waals surface area contributed by atoms with Gasteiger partial charge in [-0.05, 0) is 12.1 Å². The van der Waals surface area contributed by atoms with Crippen molar-refractivity contribution in [2.24, 2.45) is 0 Å². The average Bonchev–Trinajstić information content (AvgIpc) is 2.67. The molecule has 0 spiro atoms. The molecule has 0 fully saturated rings. The average molecular weight is 220 g/mol. The zero-order valence-corrected chi connectivity index (χ0v) is 8.18. The number of likely N-dealkylation sites (N-methyl/N-ethyl adjacent to an activating group) is 1. The number of alkyl halides is 1. The highest BCUT2D eigenvalue weighted by atomic mass is 35.5. The molecule has 0 aliphatic heterocycles. The van der Waals surface area contributed by atoms with Gasteiger partial charge in [-0.1, -0.05) is 0 Å². The van der Waals surface area contributed by atoms with Crippen molar-refractivity contribution in [3.8, 4) is 0 Å². The molecule has 6 heteroatoms. The number of aliphatic hydroxyl groups excluding tert-OH is 1. The van der Waals surface area contributed by atoms with Crippen molar-refractivity contribution >= 4 is 17.7 Å². The lowest BCUT2D eigenvalue weighted by molar-refractivity contribution is 0.0212. The second kappa shape index (κ2) is 4.34. The van der Waals surface area contributed by atoms with E-state index in [0.29, 0.717) is 10.7 Å².